The number of nitrogens with zero attached hydrogens (tertiary/aromatic N) is 1. The third kappa shape index (κ3) is 13.0. The maximum Gasteiger partial charge on any atom is 0.323 e. The Morgan fingerprint density at radius 1 is 0.780 bits per heavy atom. The second kappa shape index (κ2) is 21.4. The number of urea groups is 1. The summed E-state index contributed by atoms with van der Waals surface area (Å²) >= 11 is -1.12. The predicted octanol–water partition coefficient (Wildman–Crippen LogP) is 8.02. The van der Waals surface area contributed by atoms with Crippen LogP contribution in [0.15, 0.2) is 85.1 Å². The number of carbonyl (C=O) groups excluding carboxylic acids is 2. The zero-order valence-corrected chi connectivity index (χ0v) is 35.4. The summed E-state index contributed by atoms with van der Waals surface area (Å²) in [5, 5.41) is 13.6. The molecule has 3 amide bonds. The van der Waals surface area contributed by atoms with Gasteiger partial charge in [-0.1, -0.05) is 56.2 Å². The van der Waals surface area contributed by atoms with Gasteiger partial charge in [0, 0.05) is 59.6 Å². The van der Waals surface area contributed by atoms with E-state index in [1.54, 1.807) is 62.0 Å². The minimum Gasteiger partial charge on any atom is -0.616 e. The fraction of sp³-hybridized carbons (Fsp3) is 0.341. The molecule has 59 heavy (non-hydrogen) atoms. The van der Waals surface area contributed by atoms with Crippen molar-refractivity contribution in [1.29, 1.82) is 0 Å². The first-order valence-corrected chi connectivity index (χ1v) is 20.7. The third-order valence-corrected chi connectivity index (χ3v) is 9.66. The molecular weight excluding hydrogens is 775 g/mol. The highest BCUT2D eigenvalue weighted by atomic mass is 32.2. The highest BCUT2D eigenvalue weighted by molar-refractivity contribution is 7.89. The number of benzene rings is 4. The fourth-order valence-electron chi connectivity index (χ4n) is 6.07. The molecular formula is C44H53N5O9S. The first-order valence-electron chi connectivity index (χ1n) is 19.0. The van der Waals surface area contributed by atoms with Gasteiger partial charge in [-0.15, -0.1) is 0 Å². The summed E-state index contributed by atoms with van der Waals surface area (Å²) in [6, 6.07) is 23.2. The van der Waals surface area contributed by atoms with Gasteiger partial charge in [-0.3, -0.25) is 4.79 Å². The molecule has 0 aliphatic heterocycles. The molecule has 4 aromatic carbocycles. The van der Waals surface area contributed by atoms with E-state index in [4.69, 9.17) is 28.4 Å². The Labute approximate surface area is 348 Å². The lowest BCUT2D eigenvalue weighted by Crippen LogP contribution is -2.27. The molecule has 5 aromatic rings. The molecule has 5 rings (SSSR count). The van der Waals surface area contributed by atoms with Crippen LogP contribution in [0, 0.1) is 0 Å². The number of methoxy groups -OCH3 is 3. The number of nitrogens with one attached hydrogen (secondary N) is 4. The van der Waals surface area contributed by atoms with Crippen molar-refractivity contribution in [3.63, 3.8) is 0 Å². The van der Waals surface area contributed by atoms with Crippen molar-refractivity contribution in [2.45, 2.75) is 31.9 Å². The molecule has 0 fully saturated rings. The van der Waals surface area contributed by atoms with Gasteiger partial charge in [-0.25, -0.2) is 9.78 Å². The molecule has 0 aliphatic carbocycles. The Hall–Kier alpha value is -5.58. The second-order valence-corrected chi connectivity index (χ2v) is 15.9. The van der Waals surface area contributed by atoms with Crippen LogP contribution in [0.5, 0.6) is 23.0 Å². The van der Waals surface area contributed by atoms with Gasteiger partial charge in [-0.05, 0) is 53.4 Å². The number of carbonyl (C=O) groups is 2. The number of ether oxygens (including phenoxy) is 6. The molecule has 1 aromatic heterocycles. The first-order chi connectivity index (χ1) is 28.4. The first kappa shape index (κ1) is 44.5. The van der Waals surface area contributed by atoms with Crippen LogP contribution in [0.2, 0.25) is 0 Å². The summed E-state index contributed by atoms with van der Waals surface area (Å²) in [6.07, 6.45) is 3.25. The van der Waals surface area contributed by atoms with Gasteiger partial charge < -0.3 is 54.2 Å². The highest BCUT2D eigenvalue weighted by Gasteiger charge is 2.23. The lowest BCUT2D eigenvalue weighted by atomic mass is 9.85. The van der Waals surface area contributed by atoms with E-state index in [0.29, 0.717) is 91.0 Å². The van der Waals surface area contributed by atoms with Crippen LogP contribution in [-0.2, 0) is 36.6 Å². The maximum atomic E-state index is 13.5. The van der Waals surface area contributed by atoms with Crippen LogP contribution >= 0.6 is 0 Å². The van der Waals surface area contributed by atoms with Crippen LogP contribution in [-0.4, -0.2) is 88.6 Å². The van der Waals surface area contributed by atoms with Crippen LogP contribution in [0.3, 0.4) is 0 Å². The van der Waals surface area contributed by atoms with Gasteiger partial charge in [0.05, 0.1) is 64.9 Å². The maximum absolute atomic E-state index is 13.5. The number of rotatable bonds is 20. The molecule has 0 spiro atoms. The third-order valence-electron chi connectivity index (χ3n) is 8.95. The molecule has 14 nitrogen and oxygen atoms in total. The lowest BCUT2D eigenvalue weighted by molar-refractivity contribution is 0.0255. The fourth-order valence-corrected chi connectivity index (χ4v) is 6.72. The van der Waals surface area contributed by atoms with Crippen molar-refractivity contribution in [2.24, 2.45) is 0 Å². The number of hydrogen-bond acceptors (Lipinski definition) is 11. The summed E-state index contributed by atoms with van der Waals surface area (Å²) < 4.78 is 45.6. The number of hydrogen-bond donors (Lipinski definition) is 4. The van der Waals surface area contributed by atoms with Gasteiger partial charge >= 0.3 is 6.03 Å². The minimum atomic E-state index is -1.12. The van der Waals surface area contributed by atoms with Crippen LogP contribution in [0.4, 0.5) is 27.7 Å². The molecule has 314 valence electrons. The Bertz CT molecular complexity index is 2200. The average molecular weight is 828 g/mol. The van der Waals surface area contributed by atoms with Gasteiger partial charge in [0.2, 0.25) is 0 Å². The molecule has 15 heteroatoms. The number of aromatic nitrogens is 1. The summed E-state index contributed by atoms with van der Waals surface area (Å²) in [6.45, 7) is 8.78. The van der Waals surface area contributed by atoms with Gasteiger partial charge in [0.15, 0.2) is 0 Å². The van der Waals surface area contributed by atoms with E-state index >= 15 is 0 Å². The van der Waals surface area contributed by atoms with Crippen molar-refractivity contribution in [2.75, 3.05) is 83.1 Å². The largest absolute Gasteiger partial charge is 0.616 e. The van der Waals surface area contributed by atoms with Gasteiger partial charge in [0.1, 0.15) is 34.6 Å². The number of fused-ring (bicyclic) bond motifs is 1. The standard InChI is InChI=1S/C44H53N5O9S/c1-44(2,3)31-22-30(28-59(7)52)41(55-6)38(25-31)49-43(51)48-37-12-13-39(36-11-9-8-10-35(36)37)58-33-14-15-45-40(27-33)47-32-23-29(24-34(26-32)54-5)42(50)46-16-17-56-20-21-57-19-18-53-4/h8-15,22-27H,16-21,28H2,1-7H3,(H,45,47)(H,46,50)(H2,48,49,51). The number of amides is 3. The van der Waals surface area contributed by atoms with E-state index in [-0.39, 0.29) is 17.1 Å². The lowest BCUT2D eigenvalue weighted by Gasteiger charge is -2.24. The molecule has 0 aliphatic rings. The second-order valence-electron chi connectivity index (χ2n) is 14.4. The average Bonchev–Trinajstić information content (AvgIpc) is 3.20. The molecule has 0 radical (unpaired) electrons. The molecule has 1 unspecified atom stereocenters. The van der Waals surface area contributed by atoms with Crippen LogP contribution < -0.4 is 35.5 Å². The van der Waals surface area contributed by atoms with E-state index < -0.39 is 17.2 Å². The quantitative estimate of drug-likeness (QED) is 0.0442. The summed E-state index contributed by atoms with van der Waals surface area (Å²) in [5.74, 6) is 2.50. The summed E-state index contributed by atoms with van der Waals surface area (Å²) in [7, 11) is 4.68. The van der Waals surface area contributed by atoms with Crippen molar-refractivity contribution in [3.05, 3.63) is 102 Å². The van der Waals surface area contributed by atoms with E-state index in [9.17, 15) is 14.1 Å². The minimum absolute atomic E-state index is 0.227. The molecule has 1 heterocycles. The van der Waals surface area contributed by atoms with E-state index in [1.165, 1.54) is 14.2 Å². The molecule has 0 saturated carbocycles. The predicted molar refractivity (Wildman–Crippen MR) is 232 cm³/mol. The van der Waals surface area contributed by atoms with Crippen LogP contribution in [0.25, 0.3) is 10.8 Å². The monoisotopic (exact) mass is 827 g/mol. The smallest absolute Gasteiger partial charge is 0.323 e. The topological polar surface area (TPSA) is 174 Å². The van der Waals surface area contributed by atoms with Gasteiger partial charge in [0.25, 0.3) is 5.91 Å². The summed E-state index contributed by atoms with van der Waals surface area (Å²) in [4.78, 5) is 31.0. The molecule has 0 bridgehead atoms. The van der Waals surface area contributed by atoms with Crippen LogP contribution in [0.1, 0.15) is 42.3 Å². The van der Waals surface area contributed by atoms with Crippen molar-refractivity contribution in [1.82, 2.24) is 10.3 Å². The van der Waals surface area contributed by atoms with E-state index in [1.807, 2.05) is 36.4 Å². The number of pyridine rings is 1. The Balaban J connectivity index is 1.27. The molecule has 4 N–H and O–H groups in total. The van der Waals surface area contributed by atoms with Gasteiger partial charge in [-0.2, -0.15) is 0 Å². The Morgan fingerprint density at radius 2 is 1.51 bits per heavy atom. The Kier molecular flexibility index (Phi) is 16.2. The highest BCUT2D eigenvalue weighted by Crippen LogP contribution is 2.38. The van der Waals surface area contributed by atoms with E-state index in [2.05, 4.69) is 47.0 Å². The zero-order valence-electron chi connectivity index (χ0n) is 34.6. The van der Waals surface area contributed by atoms with E-state index in [0.717, 1.165) is 21.9 Å². The zero-order chi connectivity index (χ0) is 42.4. The molecule has 0 saturated heterocycles. The normalized spacial score (nSPS) is 11.8. The molecule has 1 atom stereocenters. The van der Waals surface area contributed by atoms with Crippen molar-refractivity contribution in [3.8, 4) is 23.0 Å². The van der Waals surface area contributed by atoms with Crippen molar-refractivity contribution < 1.29 is 42.6 Å². The Morgan fingerprint density at radius 3 is 2.22 bits per heavy atom. The SMILES string of the molecule is COCCOCCOCCNC(=O)c1cc(Nc2cc(Oc3ccc(NC(=O)Nc4cc(C(C)(C)C)cc(C[S+](C)[O-])c4OC)c4ccccc34)ccn2)cc(OC)c1. The number of anilines is 4. The van der Waals surface area contributed by atoms with Crippen molar-refractivity contribution >= 4 is 56.8 Å². The summed E-state index contributed by atoms with van der Waals surface area (Å²) in [5.41, 5.74) is 3.53.